The molecule has 0 saturated carbocycles. The van der Waals surface area contributed by atoms with Crippen molar-refractivity contribution in [2.24, 2.45) is 0 Å². The molecule has 0 spiro atoms. The summed E-state index contributed by atoms with van der Waals surface area (Å²) in [6.45, 7) is 1.70. The molecular formula is C27H24Cl2FNO4. The highest BCUT2D eigenvalue weighted by molar-refractivity contribution is 6.31. The van der Waals surface area contributed by atoms with Crippen molar-refractivity contribution in [2.45, 2.75) is 38.3 Å². The van der Waals surface area contributed by atoms with Crippen molar-refractivity contribution in [1.29, 1.82) is 0 Å². The Morgan fingerprint density at radius 3 is 2.54 bits per heavy atom. The van der Waals surface area contributed by atoms with E-state index >= 15 is 0 Å². The Morgan fingerprint density at radius 1 is 1.06 bits per heavy atom. The molecule has 3 aromatic carbocycles. The van der Waals surface area contributed by atoms with Crippen molar-refractivity contribution < 1.29 is 23.8 Å². The van der Waals surface area contributed by atoms with Crippen molar-refractivity contribution >= 4 is 35.1 Å². The molecule has 35 heavy (non-hydrogen) atoms. The number of carboxylic acids is 1. The summed E-state index contributed by atoms with van der Waals surface area (Å²) in [5, 5.41) is 9.90. The van der Waals surface area contributed by atoms with Crippen LogP contribution < -0.4 is 4.74 Å². The Labute approximate surface area is 213 Å². The van der Waals surface area contributed by atoms with Gasteiger partial charge in [-0.25, -0.2) is 4.39 Å². The van der Waals surface area contributed by atoms with Crippen molar-refractivity contribution in [3.05, 3.63) is 98.8 Å². The zero-order valence-electron chi connectivity index (χ0n) is 19.1. The van der Waals surface area contributed by atoms with Gasteiger partial charge in [0.1, 0.15) is 23.7 Å². The lowest BCUT2D eigenvalue weighted by Gasteiger charge is -2.24. The number of carbonyl (C=O) groups is 2. The second-order valence-corrected chi connectivity index (χ2v) is 9.89. The third-order valence-electron chi connectivity index (χ3n) is 5.90. The normalized spacial score (nSPS) is 16.5. The molecule has 8 heteroatoms. The van der Waals surface area contributed by atoms with Crippen LogP contribution in [0.25, 0.3) is 0 Å². The summed E-state index contributed by atoms with van der Waals surface area (Å²) >= 11 is 11.8. The summed E-state index contributed by atoms with van der Waals surface area (Å²) < 4.78 is 20.0. The third-order valence-corrected chi connectivity index (χ3v) is 6.45. The first-order valence-corrected chi connectivity index (χ1v) is 11.8. The van der Waals surface area contributed by atoms with Gasteiger partial charge in [0, 0.05) is 24.4 Å². The lowest BCUT2D eigenvalue weighted by molar-refractivity contribution is -0.144. The molecule has 1 amide bonds. The number of carbonyl (C=O) groups excluding carboxylic acids is 1. The van der Waals surface area contributed by atoms with E-state index in [9.17, 15) is 19.1 Å². The van der Waals surface area contributed by atoms with E-state index in [1.807, 2.05) is 25.1 Å². The second-order valence-electron chi connectivity index (χ2n) is 9.05. The second kappa shape index (κ2) is 10.3. The Kier molecular flexibility index (Phi) is 7.33. The Bertz CT molecular complexity index is 1280. The number of fused-ring (bicyclic) bond motifs is 1. The van der Waals surface area contributed by atoms with Crippen LogP contribution in [0.15, 0.2) is 60.7 Å². The molecule has 4 rings (SSSR count). The summed E-state index contributed by atoms with van der Waals surface area (Å²) in [5.74, 6) is -1.13. The molecule has 3 aromatic rings. The summed E-state index contributed by atoms with van der Waals surface area (Å²) in [4.78, 5) is 25.7. The highest BCUT2D eigenvalue weighted by Crippen LogP contribution is 2.38. The van der Waals surface area contributed by atoms with Gasteiger partial charge in [-0.1, -0.05) is 53.5 Å². The minimum atomic E-state index is -1.09. The van der Waals surface area contributed by atoms with E-state index < -0.39 is 23.9 Å². The van der Waals surface area contributed by atoms with Gasteiger partial charge in [0.05, 0.1) is 11.4 Å². The van der Waals surface area contributed by atoms with Crippen LogP contribution in [0, 0.1) is 5.82 Å². The van der Waals surface area contributed by atoms with Gasteiger partial charge in [-0.3, -0.25) is 9.59 Å². The first-order chi connectivity index (χ1) is 16.6. The summed E-state index contributed by atoms with van der Waals surface area (Å²) in [5.41, 5.74) is 2.69. The third kappa shape index (κ3) is 6.32. The lowest BCUT2D eigenvalue weighted by atomic mass is 9.91. The molecule has 0 fully saturated rings. The van der Waals surface area contributed by atoms with Crippen LogP contribution in [0.4, 0.5) is 4.39 Å². The summed E-state index contributed by atoms with van der Waals surface area (Å²) in [6, 6.07) is 17.3. The quantitative estimate of drug-likeness (QED) is 0.416. The molecule has 1 atom stereocenters. The predicted molar refractivity (Wildman–Crippen MR) is 133 cm³/mol. The van der Waals surface area contributed by atoms with E-state index in [2.05, 4.69) is 0 Å². The van der Waals surface area contributed by atoms with E-state index in [1.54, 1.807) is 30.3 Å². The van der Waals surface area contributed by atoms with E-state index in [0.717, 1.165) is 28.0 Å². The number of rotatable bonds is 8. The smallest absolute Gasteiger partial charge is 0.323 e. The van der Waals surface area contributed by atoms with Crippen molar-refractivity contribution in [1.82, 2.24) is 4.90 Å². The molecule has 0 aliphatic carbocycles. The van der Waals surface area contributed by atoms with Gasteiger partial charge in [0.15, 0.2) is 0 Å². The predicted octanol–water partition coefficient (Wildman–Crippen LogP) is 5.72. The van der Waals surface area contributed by atoms with E-state index in [-0.39, 0.29) is 23.9 Å². The van der Waals surface area contributed by atoms with Crippen molar-refractivity contribution in [2.75, 3.05) is 6.54 Å². The van der Waals surface area contributed by atoms with Gasteiger partial charge in [-0.05, 0) is 59.5 Å². The van der Waals surface area contributed by atoms with Crippen LogP contribution in [0.3, 0.4) is 0 Å². The van der Waals surface area contributed by atoms with Crippen molar-refractivity contribution in [3.8, 4) is 5.75 Å². The van der Waals surface area contributed by atoms with Crippen LogP contribution in [-0.2, 0) is 35.4 Å². The van der Waals surface area contributed by atoms with E-state index in [1.165, 1.54) is 17.0 Å². The zero-order valence-corrected chi connectivity index (χ0v) is 20.6. The monoisotopic (exact) mass is 515 g/mol. The highest BCUT2D eigenvalue weighted by atomic mass is 35.5. The summed E-state index contributed by atoms with van der Waals surface area (Å²) in [7, 11) is 0. The molecule has 1 aliphatic heterocycles. The fraction of sp³-hybridized carbons (Fsp3) is 0.259. The van der Waals surface area contributed by atoms with Crippen molar-refractivity contribution in [3.63, 3.8) is 0 Å². The molecule has 5 nitrogen and oxygen atoms in total. The minimum Gasteiger partial charge on any atom is -0.487 e. The molecule has 0 bridgehead atoms. The Hall–Kier alpha value is -3.09. The Morgan fingerprint density at radius 2 is 1.83 bits per heavy atom. The van der Waals surface area contributed by atoms with Gasteiger partial charge < -0.3 is 14.7 Å². The first-order valence-electron chi connectivity index (χ1n) is 11.1. The largest absolute Gasteiger partial charge is 0.487 e. The highest BCUT2D eigenvalue weighted by Gasteiger charge is 2.35. The topological polar surface area (TPSA) is 66.8 Å². The molecule has 0 unspecified atom stereocenters. The Balaban J connectivity index is 1.46. The molecule has 0 saturated heterocycles. The number of hydrogen-bond donors (Lipinski definition) is 1. The van der Waals surface area contributed by atoms with Crippen LogP contribution in [0.1, 0.15) is 29.2 Å². The molecule has 182 valence electrons. The first kappa shape index (κ1) is 25.0. The molecular weight excluding hydrogens is 492 g/mol. The van der Waals surface area contributed by atoms with Crippen LogP contribution in [0.5, 0.6) is 5.75 Å². The number of amides is 1. The molecule has 0 aromatic heterocycles. The van der Waals surface area contributed by atoms with E-state index in [4.69, 9.17) is 27.9 Å². The molecule has 1 N–H and O–H groups in total. The fourth-order valence-electron chi connectivity index (χ4n) is 4.40. The maximum absolute atomic E-state index is 13.9. The van der Waals surface area contributed by atoms with Crippen LogP contribution >= 0.6 is 23.2 Å². The number of aliphatic carboxylic acids is 1. The number of benzene rings is 3. The molecule has 1 heterocycles. The number of hydrogen-bond acceptors (Lipinski definition) is 3. The maximum Gasteiger partial charge on any atom is 0.323 e. The van der Waals surface area contributed by atoms with E-state index in [0.29, 0.717) is 17.9 Å². The standard InChI is InChI=1S/C27H24Cl2FNO4/c1-27(13-18-5-7-22(29)23(30)11-18)14-20-9-17(6-8-24(20)35-27)12-25(32)31(16-26(33)34)15-19-3-2-4-21(28)10-19/h2-11H,12-16H2,1H3,(H,33,34)/t27-/m0/s1. The van der Waals surface area contributed by atoms with Gasteiger partial charge in [-0.15, -0.1) is 0 Å². The van der Waals surface area contributed by atoms with Crippen LogP contribution in [0.2, 0.25) is 10.0 Å². The number of halogens is 3. The average Bonchev–Trinajstić information content (AvgIpc) is 3.10. The van der Waals surface area contributed by atoms with Crippen LogP contribution in [-0.4, -0.2) is 34.0 Å². The number of nitrogens with zero attached hydrogens (tertiary/aromatic N) is 1. The SMILES string of the molecule is C[C@]1(Cc2ccc(Cl)c(F)c2)Cc2cc(CC(=O)N(CC(=O)O)Cc3cccc(Cl)c3)ccc2O1. The lowest BCUT2D eigenvalue weighted by Crippen LogP contribution is -2.36. The van der Waals surface area contributed by atoms with Gasteiger partial charge in [0.2, 0.25) is 5.91 Å². The summed E-state index contributed by atoms with van der Waals surface area (Å²) in [6.07, 6.45) is 1.15. The van der Waals surface area contributed by atoms with Gasteiger partial charge in [0.25, 0.3) is 0 Å². The molecule has 0 radical (unpaired) electrons. The average molecular weight is 516 g/mol. The minimum absolute atomic E-state index is 0.0558. The maximum atomic E-state index is 13.9. The van der Waals surface area contributed by atoms with Gasteiger partial charge in [-0.2, -0.15) is 0 Å². The molecule has 1 aliphatic rings. The number of ether oxygens (including phenoxy) is 1. The number of carboxylic acid groups (broad SMARTS) is 1. The fourth-order valence-corrected chi connectivity index (χ4v) is 4.73. The van der Waals surface area contributed by atoms with Gasteiger partial charge >= 0.3 is 5.97 Å². The zero-order chi connectivity index (χ0) is 25.2.